The predicted molar refractivity (Wildman–Crippen MR) is 44.0 cm³/mol. The van der Waals surface area contributed by atoms with E-state index in [0.717, 1.165) is 0 Å². The Morgan fingerprint density at radius 2 is 2.20 bits per heavy atom. The smallest absolute Gasteiger partial charge is 0.0920 e. The van der Waals surface area contributed by atoms with E-state index in [4.69, 9.17) is 0 Å². The zero-order valence-corrected chi connectivity index (χ0v) is 7.02. The summed E-state index contributed by atoms with van der Waals surface area (Å²) in [6, 6.07) is 0.409. The number of hydrogen-bond acceptors (Lipinski definition) is 2. The summed E-state index contributed by atoms with van der Waals surface area (Å²) in [5.41, 5.74) is -0.774. The molecule has 0 aromatic carbocycles. The second-order valence-electron chi connectivity index (χ2n) is 3.10. The molecule has 0 aromatic heterocycles. The lowest BCUT2D eigenvalue weighted by Crippen LogP contribution is -2.38. The van der Waals surface area contributed by atoms with Gasteiger partial charge in [-0.3, -0.25) is 0 Å². The molecule has 2 heteroatoms. The van der Waals surface area contributed by atoms with Crippen LogP contribution in [0.1, 0.15) is 20.8 Å². The number of nitrogens with one attached hydrogen (secondary N) is 1. The van der Waals surface area contributed by atoms with E-state index in [1.165, 1.54) is 0 Å². The van der Waals surface area contributed by atoms with Crippen molar-refractivity contribution in [3.8, 4) is 0 Å². The quantitative estimate of drug-likeness (QED) is 0.574. The summed E-state index contributed by atoms with van der Waals surface area (Å²) < 4.78 is 0. The molecule has 0 aliphatic rings. The predicted octanol–water partition coefficient (Wildman–Crippen LogP) is 0.921. The van der Waals surface area contributed by atoms with Crippen molar-refractivity contribution < 1.29 is 5.11 Å². The molecule has 0 amide bonds. The molecular formula is C8H17NO. The molecule has 0 aromatic rings. The molecule has 0 saturated heterocycles. The van der Waals surface area contributed by atoms with E-state index in [-0.39, 0.29) is 0 Å². The molecule has 1 atom stereocenters. The lowest BCUT2D eigenvalue weighted by molar-refractivity contribution is 0.108. The molecule has 0 radical (unpaired) electrons. The monoisotopic (exact) mass is 143 g/mol. The maximum Gasteiger partial charge on any atom is 0.0920 e. The first-order chi connectivity index (χ1) is 4.48. The highest BCUT2D eigenvalue weighted by Gasteiger charge is 2.14. The second-order valence-corrected chi connectivity index (χ2v) is 3.10. The normalized spacial score (nSPS) is 16.9. The average Bonchev–Trinajstić information content (AvgIpc) is 1.85. The lowest BCUT2D eigenvalue weighted by Gasteiger charge is -2.20. The van der Waals surface area contributed by atoms with Gasteiger partial charge in [-0.15, -0.1) is 6.58 Å². The maximum absolute atomic E-state index is 9.39. The molecular weight excluding hydrogens is 126 g/mol. The molecule has 0 aliphatic carbocycles. The molecule has 0 bridgehead atoms. The van der Waals surface area contributed by atoms with Crippen molar-refractivity contribution in [1.82, 2.24) is 5.32 Å². The summed E-state index contributed by atoms with van der Waals surface area (Å²) in [5, 5.41) is 12.5. The summed E-state index contributed by atoms with van der Waals surface area (Å²) in [6.45, 7) is 9.90. The maximum atomic E-state index is 9.39. The van der Waals surface area contributed by atoms with E-state index in [2.05, 4.69) is 11.9 Å². The van der Waals surface area contributed by atoms with Gasteiger partial charge in [0, 0.05) is 12.6 Å². The van der Waals surface area contributed by atoms with Crippen LogP contribution < -0.4 is 5.32 Å². The van der Waals surface area contributed by atoms with Crippen LogP contribution in [0.4, 0.5) is 0 Å². The fourth-order valence-corrected chi connectivity index (χ4v) is 0.483. The van der Waals surface area contributed by atoms with Crippen molar-refractivity contribution in [3.05, 3.63) is 12.7 Å². The molecule has 0 aliphatic heterocycles. The third kappa shape index (κ3) is 4.53. The van der Waals surface area contributed by atoms with Gasteiger partial charge in [-0.05, 0) is 6.92 Å². The van der Waals surface area contributed by atoms with E-state index < -0.39 is 5.60 Å². The minimum atomic E-state index is -0.774. The van der Waals surface area contributed by atoms with Crippen molar-refractivity contribution in [2.24, 2.45) is 0 Å². The van der Waals surface area contributed by atoms with Crippen LogP contribution in [0, 0.1) is 0 Å². The largest absolute Gasteiger partial charge is 0.385 e. The van der Waals surface area contributed by atoms with Crippen molar-refractivity contribution >= 4 is 0 Å². The topological polar surface area (TPSA) is 32.3 Å². The highest BCUT2D eigenvalue weighted by atomic mass is 16.3. The minimum absolute atomic E-state index is 0.409. The Balaban J connectivity index is 3.56. The van der Waals surface area contributed by atoms with Crippen molar-refractivity contribution in [2.45, 2.75) is 32.4 Å². The molecule has 60 valence electrons. The summed E-state index contributed by atoms with van der Waals surface area (Å²) in [6.07, 6.45) is 1.54. The van der Waals surface area contributed by atoms with Crippen molar-refractivity contribution in [1.29, 1.82) is 0 Å². The van der Waals surface area contributed by atoms with Crippen LogP contribution >= 0.6 is 0 Å². The molecule has 0 heterocycles. The zero-order chi connectivity index (χ0) is 8.20. The van der Waals surface area contributed by atoms with Crippen LogP contribution in [0.5, 0.6) is 0 Å². The van der Waals surface area contributed by atoms with Crippen LogP contribution in [-0.4, -0.2) is 23.3 Å². The van der Waals surface area contributed by atoms with Gasteiger partial charge in [0.2, 0.25) is 0 Å². The number of rotatable bonds is 4. The molecule has 2 N–H and O–H groups in total. The van der Waals surface area contributed by atoms with Crippen LogP contribution in [0.2, 0.25) is 0 Å². The fourth-order valence-electron chi connectivity index (χ4n) is 0.483. The summed E-state index contributed by atoms with van der Waals surface area (Å²) >= 11 is 0. The SMILES string of the molecule is C=CC(C)(O)CNC(C)C. The van der Waals surface area contributed by atoms with Crippen LogP contribution in [0.25, 0.3) is 0 Å². The molecule has 1 unspecified atom stereocenters. The van der Waals surface area contributed by atoms with Gasteiger partial charge in [0.25, 0.3) is 0 Å². The van der Waals surface area contributed by atoms with Crippen LogP contribution in [0.3, 0.4) is 0 Å². The van der Waals surface area contributed by atoms with Gasteiger partial charge in [0.15, 0.2) is 0 Å². The molecule has 0 rings (SSSR count). The van der Waals surface area contributed by atoms with E-state index >= 15 is 0 Å². The van der Waals surface area contributed by atoms with Crippen LogP contribution in [-0.2, 0) is 0 Å². The lowest BCUT2D eigenvalue weighted by atomic mass is 10.1. The van der Waals surface area contributed by atoms with Crippen molar-refractivity contribution in [3.63, 3.8) is 0 Å². The second kappa shape index (κ2) is 3.74. The van der Waals surface area contributed by atoms with Gasteiger partial charge in [0.1, 0.15) is 0 Å². The summed E-state index contributed by atoms with van der Waals surface area (Å²) in [5.74, 6) is 0. The number of hydrogen-bond donors (Lipinski definition) is 2. The Bertz CT molecular complexity index is 108. The fraction of sp³-hybridized carbons (Fsp3) is 0.750. The van der Waals surface area contributed by atoms with Gasteiger partial charge in [-0.2, -0.15) is 0 Å². The Kier molecular flexibility index (Phi) is 3.61. The van der Waals surface area contributed by atoms with Gasteiger partial charge in [0.05, 0.1) is 5.60 Å². The Hall–Kier alpha value is -0.340. The third-order valence-corrected chi connectivity index (χ3v) is 1.31. The standard InChI is InChI=1S/C8H17NO/c1-5-8(4,10)6-9-7(2)3/h5,7,9-10H,1,6H2,2-4H3. The van der Waals surface area contributed by atoms with Gasteiger partial charge in [-0.25, -0.2) is 0 Å². The molecule has 10 heavy (non-hydrogen) atoms. The molecule has 0 fully saturated rings. The van der Waals surface area contributed by atoms with Gasteiger partial charge >= 0.3 is 0 Å². The first kappa shape index (κ1) is 9.66. The Morgan fingerprint density at radius 3 is 2.50 bits per heavy atom. The van der Waals surface area contributed by atoms with E-state index in [9.17, 15) is 5.11 Å². The Labute approximate surface area is 62.9 Å². The minimum Gasteiger partial charge on any atom is -0.385 e. The van der Waals surface area contributed by atoms with E-state index in [1.807, 2.05) is 13.8 Å². The summed E-state index contributed by atoms with van der Waals surface area (Å²) in [4.78, 5) is 0. The Morgan fingerprint density at radius 1 is 1.70 bits per heavy atom. The van der Waals surface area contributed by atoms with E-state index in [0.29, 0.717) is 12.6 Å². The first-order valence-electron chi connectivity index (χ1n) is 3.57. The van der Waals surface area contributed by atoms with E-state index in [1.54, 1.807) is 13.0 Å². The van der Waals surface area contributed by atoms with Crippen molar-refractivity contribution in [2.75, 3.05) is 6.54 Å². The van der Waals surface area contributed by atoms with Gasteiger partial charge < -0.3 is 10.4 Å². The summed E-state index contributed by atoms with van der Waals surface area (Å²) in [7, 11) is 0. The number of aliphatic hydroxyl groups is 1. The average molecular weight is 143 g/mol. The third-order valence-electron chi connectivity index (χ3n) is 1.31. The zero-order valence-electron chi connectivity index (χ0n) is 7.02. The molecule has 0 spiro atoms. The van der Waals surface area contributed by atoms with Gasteiger partial charge in [-0.1, -0.05) is 19.9 Å². The molecule has 2 nitrogen and oxygen atoms in total. The highest BCUT2D eigenvalue weighted by molar-refractivity contribution is 4.93. The highest BCUT2D eigenvalue weighted by Crippen LogP contribution is 2.01. The molecule has 0 saturated carbocycles. The first-order valence-corrected chi connectivity index (χ1v) is 3.57. The van der Waals surface area contributed by atoms with Crippen LogP contribution in [0.15, 0.2) is 12.7 Å².